The maximum absolute atomic E-state index is 5.15. The lowest BCUT2D eigenvalue weighted by Gasteiger charge is -2.03. The van der Waals surface area contributed by atoms with Crippen LogP contribution in [0.5, 0.6) is 0 Å². The van der Waals surface area contributed by atoms with Crippen LogP contribution in [0.2, 0.25) is 0 Å². The third-order valence-electron chi connectivity index (χ3n) is 1.18. The van der Waals surface area contributed by atoms with Gasteiger partial charge in [0.05, 0.1) is 13.6 Å². The Morgan fingerprint density at radius 2 is 0.538 bits per heavy atom. The molecule has 1 nitrogen and oxygen atoms in total. The zero-order valence-electron chi connectivity index (χ0n) is 16.6. The van der Waals surface area contributed by atoms with Crippen LogP contribution in [-0.2, 0) is 33.0 Å². The smallest absolute Gasteiger partial charge is 0.0817 e. The van der Waals surface area contributed by atoms with E-state index in [9.17, 15) is 0 Å². The topological polar surface area (TPSA) is 9.23 Å². The van der Waals surface area contributed by atoms with Gasteiger partial charge in [-0.05, 0) is 101 Å². The van der Waals surface area contributed by atoms with Gasteiger partial charge in [-0.25, -0.2) is 0 Å². The zero-order valence-corrected chi connectivity index (χ0v) is 46.8. The van der Waals surface area contributed by atoms with Crippen molar-refractivity contribution >= 4 is 365 Å². The van der Waals surface area contributed by atoms with Crippen molar-refractivity contribution in [3.63, 3.8) is 0 Å². The summed E-state index contributed by atoms with van der Waals surface area (Å²) in [6, 6.07) is 0. The van der Waals surface area contributed by atoms with Gasteiger partial charge in [-0.2, -0.15) is 0 Å². The van der Waals surface area contributed by atoms with E-state index in [1.54, 1.807) is 164 Å². The van der Waals surface area contributed by atoms with Crippen molar-refractivity contribution in [1.29, 1.82) is 0 Å². The van der Waals surface area contributed by atoms with Crippen molar-refractivity contribution in [2.75, 3.05) is 7.11 Å². The average Bonchev–Trinajstić information content (AvgIpc) is 2.93. The highest BCUT2D eigenvalue weighted by Gasteiger charge is 2.04. The van der Waals surface area contributed by atoms with E-state index in [1.165, 1.54) is 19.7 Å². The van der Waals surface area contributed by atoms with Crippen LogP contribution in [-0.4, -0.2) is 7.11 Å². The Kier molecular flexibility index (Phi) is 59.7. The summed E-state index contributed by atoms with van der Waals surface area (Å²) < 4.78 is 5.10. The van der Waals surface area contributed by atoms with E-state index >= 15 is 0 Å². The van der Waals surface area contributed by atoms with E-state index in [0.717, 1.165) is 0 Å². The van der Waals surface area contributed by atoms with Crippen molar-refractivity contribution in [3.8, 4) is 0 Å². The fourth-order valence-corrected chi connectivity index (χ4v) is 92.9. The molecule has 38 heteroatoms. The lowest BCUT2D eigenvalue weighted by molar-refractivity contribution is 0.491. The van der Waals surface area contributed by atoms with Crippen molar-refractivity contribution in [1.82, 2.24) is 0 Å². The molecule has 0 fully saturated rings. The minimum atomic E-state index is -1.79. The SMILES string of the molecule is COS(=S)(=S)SSSSSSSSSSSSSSSSSSSSSSSSSSSSSSSSSS. The average molecular weight is 1220 g/mol. The second-order valence-corrected chi connectivity index (χ2v) is 68.6. The molecule has 0 saturated carbocycles. The van der Waals surface area contributed by atoms with Gasteiger partial charge < -0.3 is 4.18 Å². The molecule has 0 aliphatic carbocycles. The summed E-state index contributed by atoms with van der Waals surface area (Å²) in [7, 11) is 59.8. The van der Waals surface area contributed by atoms with Crippen LogP contribution in [0, 0.1) is 0 Å². The van der Waals surface area contributed by atoms with Gasteiger partial charge in [-0.15, -0.1) is 0 Å². The Hall–Kier alpha value is 12.6. The molecule has 0 radical (unpaired) electrons. The van der Waals surface area contributed by atoms with Crippen LogP contribution in [0.15, 0.2) is 0 Å². The molecule has 0 N–H and O–H groups in total. The molecule has 0 aromatic heterocycles. The van der Waals surface area contributed by atoms with Gasteiger partial charge in [-0.1, -0.05) is 11.7 Å². The highest BCUT2D eigenvalue weighted by atomic mass is 34.1. The number of thiol groups is 1. The monoisotopic (exact) mass is 1210 g/mol. The van der Waals surface area contributed by atoms with Crippen molar-refractivity contribution < 1.29 is 4.18 Å². The Morgan fingerprint density at radius 1 is 0.359 bits per heavy atom. The lowest BCUT2D eigenvalue weighted by Crippen LogP contribution is -1.87. The molecule has 39 heavy (non-hydrogen) atoms. The van der Waals surface area contributed by atoms with Crippen LogP contribution < -0.4 is 0 Å². The van der Waals surface area contributed by atoms with Gasteiger partial charge in [0, 0.05) is 246 Å². The highest BCUT2D eigenvalue weighted by Crippen LogP contribution is 2.67. The lowest BCUT2D eigenvalue weighted by atomic mass is 11.8. The molecule has 0 atom stereocenters. The summed E-state index contributed by atoms with van der Waals surface area (Å²) in [6.07, 6.45) is 0. The van der Waals surface area contributed by atoms with Gasteiger partial charge in [-0.3, -0.25) is 0 Å². The van der Waals surface area contributed by atoms with Crippen molar-refractivity contribution in [2.45, 2.75) is 0 Å². The van der Waals surface area contributed by atoms with E-state index in [0.29, 0.717) is 0 Å². The molecule has 0 spiro atoms. The minimum Gasteiger partial charge on any atom is -0.305 e. The Bertz CT molecular complexity index is 538. The van der Waals surface area contributed by atoms with E-state index in [1.807, 2.05) is 147 Å². The first-order chi connectivity index (χ1) is 19.1. The van der Waals surface area contributed by atoms with Gasteiger partial charge in [0.15, 0.2) is 0 Å². The van der Waals surface area contributed by atoms with Crippen LogP contribution in [0.1, 0.15) is 0 Å². The Labute approximate surface area is 366 Å². The molecule has 0 rings (SSSR count). The van der Waals surface area contributed by atoms with Crippen molar-refractivity contribution in [2.24, 2.45) is 0 Å². The van der Waals surface area contributed by atoms with E-state index in [4.69, 9.17) is 26.6 Å². The number of hydrogen-bond donors (Lipinski definition) is 1. The molecule has 236 valence electrons. The second kappa shape index (κ2) is 45.0. The fraction of sp³-hybridized carbons (Fsp3) is 1.00. The summed E-state index contributed by atoms with van der Waals surface area (Å²) in [4.78, 5) is 0. The summed E-state index contributed by atoms with van der Waals surface area (Å²) in [5, 5.41) is 0. The zero-order chi connectivity index (χ0) is 28.5. The van der Waals surface area contributed by atoms with Gasteiger partial charge in [0.1, 0.15) is 0 Å². The van der Waals surface area contributed by atoms with Crippen LogP contribution in [0.4, 0.5) is 0 Å². The van der Waals surface area contributed by atoms with Crippen LogP contribution in [0.25, 0.3) is 0 Å². The first-order valence-electron chi connectivity index (χ1n) is 6.59. The summed E-state index contributed by atoms with van der Waals surface area (Å²) in [5.41, 5.74) is 0. The Balaban J connectivity index is 3.07. The molecule has 0 saturated heterocycles. The van der Waals surface area contributed by atoms with E-state index in [-0.39, 0.29) is 0 Å². The van der Waals surface area contributed by atoms with Gasteiger partial charge in [0.2, 0.25) is 0 Å². The minimum absolute atomic E-state index is 1.46. The van der Waals surface area contributed by atoms with Gasteiger partial charge in [0.25, 0.3) is 0 Å². The molecule has 0 heterocycles. The number of rotatable bonds is 34. The summed E-state index contributed by atoms with van der Waals surface area (Å²) in [5.74, 6) is 0. The molecular weight excluding hydrogens is 1210 g/mol. The number of hydrogen-bond acceptors (Lipinski definition) is 37. The molecule has 0 aromatic rings. The first kappa shape index (κ1) is 51.6. The third kappa shape index (κ3) is 46.7. The Morgan fingerprint density at radius 3 is 0.718 bits per heavy atom. The van der Waals surface area contributed by atoms with Crippen LogP contribution in [0.3, 0.4) is 0 Å². The molecule has 0 aromatic carbocycles. The molecule has 0 amide bonds. The molecule has 0 aliphatic heterocycles. The van der Waals surface area contributed by atoms with E-state index in [2.05, 4.69) is 11.7 Å². The van der Waals surface area contributed by atoms with E-state index < -0.39 is 6.46 Å². The molecular formula is CH4OS37. The summed E-state index contributed by atoms with van der Waals surface area (Å²) >= 11 is 14.4. The standard InChI is InChI=1S/CH4OS37/c1-2-39(4,5)38-37-36-35-34-33-32-31-30-29-28-27-26-25-24-23-22-21-20-19-18-17-16-15-14-13-12-11-10-9-8-7-6-3/h3H,1H3. The van der Waals surface area contributed by atoms with Crippen LogP contribution >= 0.6 is 336 Å². The maximum atomic E-state index is 5.15. The normalized spacial score (nSPS) is 11.9. The maximum Gasteiger partial charge on any atom is 0.0817 e. The summed E-state index contributed by atoms with van der Waals surface area (Å²) in [6.45, 7) is -1.79. The molecule has 0 unspecified atom stereocenters. The second-order valence-electron chi connectivity index (χ2n) is 2.83. The predicted octanol–water partition coefficient (Wildman–Crippen LogP) is 21.9. The van der Waals surface area contributed by atoms with Gasteiger partial charge >= 0.3 is 0 Å². The molecule has 0 bridgehead atoms. The largest absolute Gasteiger partial charge is 0.305 e. The fourth-order valence-electron chi connectivity index (χ4n) is 0.414. The predicted molar refractivity (Wildman–Crippen MR) is 289 cm³/mol. The first-order valence-corrected chi connectivity index (χ1v) is 55.1. The highest BCUT2D eigenvalue weighted by molar-refractivity contribution is 9.61. The third-order valence-corrected chi connectivity index (χ3v) is 79.3. The van der Waals surface area contributed by atoms with Crippen molar-refractivity contribution in [3.05, 3.63) is 0 Å². The molecule has 0 aliphatic rings. The quantitative estimate of drug-likeness (QED) is 0.0372.